The minimum absolute atomic E-state index is 0.0408. The summed E-state index contributed by atoms with van der Waals surface area (Å²) in [5.41, 5.74) is 0. The second-order valence-corrected chi connectivity index (χ2v) is 5.57. The van der Waals surface area contributed by atoms with Crippen LogP contribution in [0.5, 0.6) is 0 Å². The highest BCUT2D eigenvalue weighted by molar-refractivity contribution is 4.78. The van der Waals surface area contributed by atoms with Gasteiger partial charge in [0.1, 0.15) is 0 Å². The van der Waals surface area contributed by atoms with Crippen molar-refractivity contribution in [2.24, 2.45) is 0 Å². The minimum atomic E-state index is -0.455. The van der Waals surface area contributed by atoms with E-state index in [1.54, 1.807) is 7.11 Å². The van der Waals surface area contributed by atoms with Crippen molar-refractivity contribution in [3.8, 4) is 0 Å². The number of methoxy groups -OCH3 is 1. The summed E-state index contributed by atoms with van der Waals surface area (Å²) in [6.45, 7) is 5.08. The molecule has 2 aliphatic rings. The van der Waals surface area contributed by atoms with Gasteiger partial charge < -0.3 is 23.7 Å². The van der Waals surface area contributed by atoms with Crippen LogP contribution in [-0.2, 0) is 23.7 Å². The molecule has 1 saturated heterocycles. The van der Waals surface area contributed by atoms with E-state index in [2.05, 4.69) is 0 Å². The molecule has 0 amide bonds. The number of ether oxygens (including phenoxy) is 5. The van der Waals surface area contributed by atoms with Crippen LogP contribution in [0, 0.1) is 0 Å². The standard InChI is InChI=1S/C15H28O5/c1-4-17-12(2)19-13-10-14(18-11-13)20-15(16-3)8-6-5-7-9-15/h12-14H,4-11H2,1-3H3/t12?,13-,14-/m1/s1. The van der Waals surface area contributed by atoms with Gasteiger partial charge >= 0.3 is 0 Å². The summed E-state index contributed by atoms with van der Waals surface area (Å²) in [6.07, 6.45) is 5.82. The lowest BCUT2D eigenvalue weighted by Gasteiger charge is -2.37. The van der Waals surface area contributed by atoms with Gasteiger partial charge in [0.2, 0.25) is 0 Å². The highest BCUT2D eigenvalue weighted by atomic mass is 16.8. The van der Waals surface area contributed by atoms with Gasteiger partial charge in [0.25, 0.3) is 0 Å². The van der Waals surface area contributed by atoms with Crippen molar-refractivity contribution in [2.45, 2.75) is 76.8 Å². The molecule has 1 saturated carbocycles. The number of rotatable bonds is 7. The predicted molar refractivity (Wildman–Crippen MR) is 74.2 cm³/mol. The van der Waals surface area contributed by atoms with E-state index in [0.717, 1.165) is 32.1 Å². The van der Waals surface area contributed by atoms with E-state index in [1.807, 2.05) is 13.8 Å². The lowest BCUT2D eigenvalue weighted by Crippen LogP contribution is -2.40. The molecule has 0 aromatic rings. The monoisotopic (exact) mass is 288 g/mol. The van der Waals surface area contributed by atoms with Gasteiger partial charge in [0.05, 0.1) is 12.7 Å². The van der Waals surface area contributed by atoms with Gasteiger partial charge in [-0.1, -0.05) is 6.42 Å². The van der Waals surface area contributed by atoms with E-state index in [4.69, 9.17) is 23.7 Å². The lowest BCUT2D eigenvalue weighted by molar-refractivity contribution is -0.302. The van der Waals surface area contributed by atoms with Crippen LogP contribution in [0.25, 0.3) is 0 Å². The topological polar surface area (TPSA) is 46.2 Å². The fourth-order valence-electron chi connectivity index (χ4n) is 2.99. The van der Waals surface area contributed by atoms with Gasteiger partial charge in [0.15, 0.2) is 18.4 Å². The Labute approximate surface area is 121 Å². The molecular formula is C15H28O5. The molecule has 3 atom stereocenters. The Bertz CT molecular complexity index is 277. The molecule has 0 N–H and O–H groups in total. The molecule has 1 aliphatic carbocycles. The van der Waals surface area contributed by atoms with Crippen LogP contribution in [0.15, 0.2) is 0 Å². The van der Waals surface area contributed by atoms with Crippen LogP contribution in [0.1, 0.15) is 52.4 Å². The van der Waals surface area contributed by atoms with Crippen molar-refractivity contribution in [3.63, 3.8) is 0 Å². The number of hydrogen-bond acceptors (Lipinski definition) is 5. The Hall–Kier alpha value is -0.200. The van der Waals surface area contributed by atoms with Crippen LogP contribution in [0.2, 0.25) is 0 Å². The molecule has 5 heteroatoms. The molecule has 5 nitrogen and oxygen atoms in total. The highest BCUT2D eigenvalue weighted by Crippen LogP contribution is 2.35. The van der Waals surface area contributed by atoms with Crippen molar-refractivity contribution in [1.29, 1.82) is 0 Å². The van der Waals surface area contributed by atoms with Gasteiger partial charge in [0, 0.05) is 33.0 Å². The highest BCUT2D eigenvalue weighted by Gasteiger charge is 2.39. The van der Waals surface area contributed by atoms with E-state index in [1.165, 1.54) is 6.42 Å². The average molecular weight is 288 g/mol. The third-order valence-corrected chi connectivity index (χ3v) is 4.04. The number of hydrogen-bond donors (Lipinski definition) is 0. The van der Waals surface area contributed by atoms with Crippen molar-refractivity contribution in [1.82, 2.24) is 0 Å². The van der Waals surface area contributed by atoms with E-state index in [0.29, 0.717) is 13.2 Å². The fraction of sp³-hybridized carbons (Fsp3) is 1.00. The smallest absolute Gasteiger partial charge is 0.171 e. The maximum Gasteiger partial charge on any atom is 0.171 e. The van der Waals surface area contributed by atoms with Crippen molar-refractivity contribution >= 4 is 0 Å². The molecule has 1 heterocycles. The van der Waals surface area contributed by atoms with E-state index >= 15 is 0 Å². The maximum atomic E-state index is 6.10. The van der Waals surface area contributed by atoms with Gasteiger partial charge in [-0.25, -0.2) is 0 Å². The fourth-order valence-corrected chi connectivity index (χ4v) is 2.99. The second-order valence-electron chi connectivity index (χ2n) is 5.57. The van der Waals surface area contributed by atoms with E-state index < -0.39 is 5.79 Å². The summed E-state index contributed by atoms with van der Waals surface area (Å²) >= 11 is 0. The zero-order chi connectivity index (χ0) is 14.4. The predicted octanol–water partition coefficient (Wildman–Crippen LogP) is 2.82. The Morgan fingerprint density at radius 2 is 2.00 bits per heavy atom. The molecule has 0 spiro atoms. The summed E-state index contributed by atoms with van der Waals surface area (Å²) in [7, 11) is 1.73. The molecule has 1 aliphatic heterocycles. The molecule has 1 unspecified atom stereocenters. The Kier molecular flexibility index (Phi) is 6.23. The van der Waals surface area contributed by atoms with Gasteiger partial charge in [-0.15, -0.1) is 0 Å². The second kappa shape index (κ2) is 7.71. The molecule has 2 fully saturated rings. The average Bonchev–Trinajstić information content (AvgIpc) is 2.87. The molecule has 0 bridgehead atoms. The van der Waals surface area contributed by atoms with Crippen LogP contribution < -0.4 is 0 Å². The zero-order valence-electron chi connectivity index (χ0n) is 12.9. The van der Waals surface area contributed by atoms with Crippen LogP contribution >= 0.6 is 0 Å². The first kappa shape index (κ1) is 16.2. The largest absolute Gasteiger partial charge is 0.353 e. The van der Waals surface area contributed by atoms with E-state index in [-0.39, 0.29) is 18.7 Å². The molecule has 20 heavy (non-hydrogen) atoms. The van der Waals surface area contributed by atoms with Crippen molar-refractivity contribution in [2.75, 3.05) is 20.3 Å². The van der Waals surface area contributed by atoms with Crippen LogP contribution in [-0.4, -0.2) is 44.8 Å². The van der Waals surface area contributed by atoms with Gasteiger partial charge in [-0.05, 0) is 26.7 Å². The van der Waals surface area contributed by atoms with Gasteiger partial charge in [-0.3, -0.25) is 0 Å². The quantitative estimate of drug-likeness (QED) is 0.674. The van der Waals surface area contributed by atoms with Crippen molar-refractivity contribution < 1.29 is 23.7 Å². The Morgan fingerprint density at radius 1 is 1.25 bits per heavy atom. The lowest BCUT2D eigenvalue weighted by atomic mass is 9.94. The first-order chi connectivity index (χ1) is 9.67. The first-order valence-corrected chi connectivity index (χ1v) is 7.79. The molecular weight excluding hydrogens is 260 g/mol. The SMILES string of the molecule is CCOC(C)O[C@H]1CO[C@H](OC2(OC)CCCCC2)C1. The molecule has 0 aromatic heterocycles. The van der Waals surface area contributed by atoms with Crippen LogP contribution in [0.4, 0.5) is 0 Å². The summed E-state index contributed by atoms with van der Waals surface area (Å²) < 4.78 is 28.6. The Morgan fingerprint density at radius 3 is 2.65 bits per heavy atom. The molecule has 2 rings (SSSR count). The zero-order valence-corrected chi connectivity index (χ0v) is 12.9. The maximum absolute atomic E-state index is 6.10. The van der Waals surface area contributed by atoms with Crippen LogP contribution in [0.3, 0.4) is 0 Å². The van der Waals surface area contributed by atoms with E-state index in [9.17, 15) is 0 Å². The molecule has 0 radical (unpaired) electrons. The Balaban J connectivity index is 1.77. The van der Waals surface area contributed by atoms with Crippen molar-refractivity contribution in [3.05, 3.63) is 0 Å². The normalized spacial score (nSPS) is 31.4. The minimum Gasteiger partial charge on any atom is -0.353 e. The third-order valence-electron chi connectivity index (χ3n) is 4.04. The summed E-state index contributed by atoms with van der Waals surface area (Å²) in [4.78, 5) is 0. The summed E-state index contributed by atoms with van der Waals surface area (Å²) in [6, 6.07) is 0. The molecule has 0 aromatic carbocycles. The summed E-state index contributed by atoms with van der Waals surface area (Å²) in [5.74, 6) is -0.455. The summed E-state index contributed by atoms with van der Waals surface area (Å²) in [5, 5.41) is 0. The third kappa shape index (κ3) is 4.40. The van der Waals surface area contributed by atoms with Gasteiger partial charge in [-0.2, -0.15) is 0 Å². The molecule has 118 valence electrons. The first-order valence-electron chi connectivity index (χ1n) is 7.79.